The molecule has 178 valence electrons. The van der Waals surface area contributed by atoms with Crippen molar-refractivity contribution in [3.63, 3.8) is 0 Å². The molecule has 3 aromatic carbocycles. The molecule has 0 radical (unpaired) electrons. The van der Waals surface area contributed by atoms with Crippen LogP contribution in [-0.2, 0) is 11.3 Å². The number of carbonyl (C=O) groups is 1. The average Bonchev–Trinajstić information content (AvgIpc) is 2.92. The van der Waals surface area contributed by atoms with Crippen molar-refractivity contribution in [2.24, 2.45) is 0 Å². The molecule has 1 aliphatic heterocycles. The van der Waals surface area contributed by atoms with Gasteiger partial charge in [-0.1, -0.05) is 48.5 Å². The third kappa shape index (κ3) is 4.74. The normalized spacial score (nSPS) is 14.1. The Bertz CT molecular complexity index is 1330. The van der Waals surface area contributed by atoms with Gasteiger partial charge in [-0.2, -0.15) is 0 Å². The number of morpholine rings is 1. The molecular formula is C28H27N3O4. The van der Waals surface area contributed by atoms with E-state index in [1.165, 1.54) is 12.7 Å². The Kier molecular flexibility index (Phi) is 6.72. The Labute approximate surface area is 203 Å². The number of aromatic nitrogens is 1. The average molecular weight is 470 g/mol. The predicted octanol–water partition coefficient (Wildman–Crippen LogP) is 4.53. The van der Waals surface area contributed by atoms with Crippen LogP contribution in [0.2, 0.25) is 0 Å². The Hall–Kier alpha value is -3.78. The van der Waals surface area contributed by atoms with Crippen LogP contribution in [0.4, 0.5) is 0 Å². The second-order valence-electron chi connectivity index (χ2n) is 8.53. The highest BCUT2D eigenvalue weighted by Gasteiger charge is 2.21. The summed E-state index contributed by atoms with van der Waals surface area (Å²) in [5, 5.41) is 10.8. The molecule has 4 aromatic rings. The van der Waals surface area contributed by atoms with Gasteiger partial charge in [0.15, 0.2) is 0 Å². The molecule has 2 heterocycles. The zero-order valence-electron chi connectivity index (χ0n) is 19.5. The maximum Gasteiger partial charge on any atom is 0.279 e. The fourth-order valence-electron chi connectivity index (χ4n) is 4.59. The van der Waals surface area contributed by atoms with Crippen LogP contribution >= 0.6 is 0 Å². The van der Waals surface area contributed by atoms with Crippen molar-refractivity contribution in [3.8, 4) is 28.0 Å². The summed E-state index contributed by atoms with van der Waals surface area (Å²) in [5.74, 6) is -0.257. The molecule has 0 spiro atoms. The largest absolute Gasteiger partial charge is 0.495 e. The molecule has 2 N–H and O–H groups in total. The van der Waals surface area contributed by atoms with Crippen LogP contribution < -0.4 is 10.2 Å². The SMILES string of the molecule is COc1c(-c2ccc(-c3ccc(CN4CCOCC4)cc3)cc2)cc2ccncc2c1C(=O)NO. The number of fused-ring (bicyclic) bond motifs is 1. The van der Waals surface area contributed by atoms with E-state index in [9.17, 15) is 10.0 Å². The zero-order valence-corrected chi connectivity index (χ0v) is 19.5. The second kappa shape index (κ2) is 10.2. The van der Waals surface area contributed by atoms with Crippen LogP contribution in [0, 0.1) is 0 Å². The molecule has 7 nitrogen and oxygen atoms in total. The number of rotatable bonds is 6. The number of hydroxylamine groups is 1. The van der Waals surface area contributed by atoms with Crippen molar-refractivity contribution in [2.45, 2.75) is 6.54 Å². The summed E-state index contributed by atoms with van der Waals surface area (Å²) in [6, 6.07) is 20.6. The van der Waals surface area contributed by atoms with Crippen LogP contribution in [-0.4, -0.2) is 54.4 Å². The first-order valence-electron chi connectivity index (χ1n) is 11.6. The number of hydrogen-bond donors (Lipinski definition) is 2. The van der Waals surface area contributed by atoms with Gasteiger partial charge >= 0.3 is 0 Å². The number of amides is 1. The lowest BCUT2D eigenvalue weighted by Gasteiger charge is -2.26. The molecule has 0 atom stereocenters. The van der Waals surface area contributed by atoms with Crippen molar-refractivity contribution in [1.29, 1.82) is 0 Å². The van der Waals surface area contributed by atoms with Crippen LogP contribution in [0.15, 0.2) is 73.1 Å². The van der Waals surface area contributed by atoms with E-state index in [0.717, 1.165) is 60.5 Å². The van der Waals surface area contributed by atoms with Crippen LogP contribution in [0.5, 0.6) is 5.75 Å². The molecule has 0 unspecified atom stereocenters. The maximum atomic E-state index is 12.5. The summed E-state index contributed by atoms with van der Waals surface area (Å²) in [6.07, 6.45) is 3.27. The highest BCUT2D eigenvalue weighted by Crippen LogP contribution is 2.39. The summed E-state index contributed by atoms with van der Waals surface area (Å²) < 4.78 is 11.1. The molecule has 1 fully saturated rings. The van der Waals surface area contributed by atoms with Gasteiger partial charge in [0, 0.05) is 43.0 Å². The van der Waals surface area contributed by atoms with Gasteiger partial charge in [-0.05, 0) is 39.8 Å². The fraction of sp³-hybridized carbons (Fsp3) is 0.214. The molecule has 0 bridgehead atoms. The summed E-state index contributed by atoms with van der Waals surface area (Å²) in [7, 11) is 1.52. The molecule has 1 saturated heterocycles. The summed E-state index contributed by atoms with van der Waals surface area (Å²) in [6.45, 7) is 4.48. The molecule has 35 heavy (non-hydrogen) atoms. The molecule has 0 saturated carbocycles. The molecule has 1 amide bonds. The number of methoxy groups -OCH3 is 1. The third-order valence-corrected chi connectivity index (χ3v) is 6.42. The molecular weight excluding hydrogens is 442 g/mol. The molecule has 0 aliphatic carbocycles. The lowest BCUT2D eigenvalue weighted by Crippen LogP contribution is -2.35. The lowest BCUT2D eigenvalue weighted by atomic mass is 9.94. The van der Waals surface area contributed by atoms with Crippen LogP contribution in [0.3, 0.4) is 0 Å². The Morgan fingerprint density at radius 2 is 1.69 bits per heavy atom. The standard InChI is InChI=1S/C28H27N3O4/c1-34-27-24(16-23-10-11-29-17-25(23)26(27)28(32)30-33)22-8-6-21(7-9-22)20-4-2-19(3-5-20)18-31-12-14-35-15-13-31/h2-11,16-17,33H,12-15,18H2,1H3,(H,30,32). The van der Waals surface area contributed by atoms with Gasteiger partial charge in [0.1, 0.15) is 5.75 Å². The predicted molar refractivity (Wildman–Crippen MR) is 135 cm³/mol. The van der Waals surface area contributed by atoms with Crippen molar-refractivity contribution in [2.75, 3.05) is 33.4 Å². The Balaban J connectivity index is 1.44. The minimum atomic E-state index is -0.643. The minimum absolute atomic E-state index is 0.246. The second-order valence-corrected chi connectivity index (χ2v) is 8.53. The number of pyridine rings is 1. The number of ether oxygens (including phenoxy) is 2. The zero-order chi connectivity index (χ0) is 24.2. The fourth-order valence-corrected chi connectivity index (χ4v) is 4.59. The summed E-state index contributed by atoms with van der Waals surface area (Å²) >= 11 is 0. The molecule has 1 aliphatic rings. The van der Waals surface area contributed by atoms with Gasteiger partial charge < -0.3 is 9.47 Å². The van der Waals surface area contributed by atoms with E-state index in [2.05, 4.69) is 46.3 Å². The van der Waals surface area contributed by atoms with E-state index in [-0.39, 0.29) is 5.56 Å². The van der Waals surface area contributed by atoms with Gasteiger partial charge in [0.05, 0.1) is 25.9 Å². The van der Waals surface area contributed by atoms with Crippen molar-refractivity contribution in [3.05, 3.63) is 84.2 Å². The van der Waals surface area contributed by atoms with E-state index in [4.69, 9.17) is 9.47 Å². The van der Waals surface area contributed by atoms with Crippen molar-refractivity contribution >= 4 is 16.7 Å². The lowest BCUT2D eigenvalue weighted by molar-refractivity contribution is 0.0342. The minimum Gasteiger partial charge on any atom is -0.495 e. The first kappa shape index (κ1) is 23.0. The van der Waals surface area contributed by atoms with Gasteiger partial charge in [-0.25, -0.2) is 5.48 Å². The van der Waals surface area contributed by atoms with E-state index in [1.807, 2.05) is 24.3 Å². The van der Waals surface area contributed by atoms with Gasteiger partial charge in [0.25, 0.3) is 5.91 Å². The molecule has 5 rings (SSSR count). The number of nitrogens with one attached hydrogen (secondary N) is 1. The van der Waals surface area contributed by atoms with Crippen molar-refractivity contribution in [1.82, 2.24) is 15.4 Å². The monoisotopic (exact) mass is 469 g/mol. The summed E-state index contributed by atoms with van der Waals surface area (Å²) in [4.78, 5) is 19.0. The molecule has 7 heteroatoms. The number of benzene rings is 3. The number of carbonyl (C=O) groups excluding carboxylic acids is 1. The van der Waals surface area contributed by atoms with E-state index in [0.29, 0.717) is 11.1 Å². The third-order valence-electron chi connectivity index (χ3n) is 6.42. The van der Waals surface area contributed by atoms with E-state index < -0.39 is 5.91 Å². The number of hydrogen-bond acceptors (Lipinski definition) is 6. The quantitative estimate of drug-likeness (QED) is 0.319. The van der Waals surface area contributed by atoms with Crippen LogP contribution in [0.25, 0.3) is 33.0 Å². The smallest absolute Gasteiger partial charge is 0.279 e. The Morgan fingerprint density at radius 3 is 2.34 bits per heavy atom. The van der Waals surface area contributed by atoms with Gasteiger partial charge in [0.2, 0.25) is 0 Å². The first-order chi connectivity index (χ1) is 17.2. The van der Waals surface area contributed by atoms with Crippen molar-refractivity contribution < 1.29 is 19.5 Å². The highest BCUT2D eigenvalue weighted by molar-refractivity contribution is 6.11. The first-order valence-corrected chi connectivity index (χ1v) is 11.6. The summed E-state index contributed by atoms with van der Waals surface area (Å²) in [5.41, 5.74) is 7.17. The topological polar surface area (TPSA) is 83.9 Å². The van der Waals surface area contributed by atoms with Gasteiger partial charge in [-0.15, -0.1) is 0 Å². The highest BCUT2D eigenvalue weighted by atomic mass is 16.5. The van der Waals surface area contributed by atoms with Gasteiger partial charge in [-0.3, -0.25) is 19.9 Å². The van der Waals surface area contributed by atoms with E-state index in [1.54, 1.807) is 17.9 Å². The van der Waals surface area contributed by atoms with Crippen LogP contribution in [0.1, 0.15) is 15.9 Å². The maximum absolute atomic E-state index is 12.5. The molecule has 1 aromatic heterocycles. The van der Waals surface area contributed by atoms with E-state index >= 15 is 0 Å². The number of nitrogens with zero attached hydrogens (tertiary/aromatic N) is 2. The Morgan fingerprint density at radius 1 is 1.03 bits per heavy atom.